The van der Waals surface area contributed by atoms with Gasteiger partial charge in [0.2, 0.25) is 5.91 Å². The Bertz CT molecular complexity index is 580. The average molecular weight is 286 g/mol. The molecule has 110 valence electrons. The first-order valence-electron chi connectivity index (χ1n) is 6.91. The van der Waals surface area contributed by atoms with Gasteiger partial charge in [0.15, 0.2) is 0 Å². The Morgan fingerprint density at radius 2 is 2.00 bits per heavy atom. The van der Waals surface area contributed by atoms with Crippen LogP contribution in [0.3, 0.4) is 0 Å². The Morgan fingerprint density at radius 1 is 1.33 bits per heavy atom. The van der Waals surface area contributed by atoms with E-state index < -0.39 is 6.04 Å². The van der Waals surface area contributed by atoms with Gasteiger partial charge in [-0.2, -0.15) is 0 Å². The molecule has 3 N–H and O–H groups in total. The lowest BCUT2D eigenvalue weighted by Crippen LogP contribution is -2.45. The maximum atomic E-state index is 12.0. The molecule has 0 spiro atoms. The van der Waals surface area contributed by atoms with Crippen LogP contribution in [0.1, 0.15) is 35.7 Å². The molecule has 1 atom stereocenters. The van der Waals surface area contributed by atoms with Gasteiger partial charge in [-0.05, 0) is 44.0 Å². The smallest absolute Gasteiger partial charge is 0.251 e. The second-order valence-electron chi connectivity index (χ2n) is 5.02. The van der Waals surface area contributed by atoms with E-state index in [-0.39, 0.29) is 24.5 Å². The van der Waals surface area contributed by atoms with Crippen LogP contribution in [-0.4, -0.2) is 35.6 Å². The van der Waals surface area contributed by atoms with E-state index in [1.54, 1.807) is 31.2 Å². The van der Waals surface area contributed by atoms with E-state index in [0.29, 0.717) is 5.56 Å². The van der Waals surface area contributed by atoms with Crippen LogP contribution >= 0.6 is 0 Å². The topological polar surface area (TPSA) is 78.4 Å². The molecule has 5 nitrogen and oxygen atoms in total. The van der Waals surface area contributed by atoms with Crippen LogP contribution in [0, 0.1) is 11.8 Å². The molecule has 1 aliphatic rings. The largest absolute Gasteiger partial charge is 0.384 e. The van der Waals surface area contributed by atoms with Crippen LogP contribution in [0.15, 0.2) is 24.3 Å². The third-order valence-corrected chi connectivity index (χ3v) is 3.12. The molecule has 0 aromatic heterocycles. The summed E-state index contributed by atoms with van der Waals surface area (Å²) in [7, 11) is 0. The quantitative estimate of drug-likeness (QED) is 0.702. The Labute approximate surface area is 123 Å². The number of benzene rings is 1. The van der Waals surface area contributed by atoms with Crippen molar-refractivity contribution >= 4 is 11.8 Å². The Hall–Kier alpha value is -2.32. The van der Waals surface area contributed by atoms with E-state index in [0.717, 1.165) is 18.4 Å². The zero-order valence-corrected chi connectivity index (χ0v) is 11.8. The standard InChI is InChI=1S/C16H18N2O3/c1-11(15(20)18-14-8-9-14)17-16(21)13-6-4-12(5-7-13)3-2-10-19/h4-7,11,14,19H,8-10H2,1H3,(H,17,21)(H,18,20). The molecule has 1 aromatic rings. The predicted octanol–water partition coefficient (Wildman–Crippen LogP) is 0.427. The maximum Gasteiger partial charge on any atom is 0.251 e. The molecule has 21 heavy (non-hydrogen) atoms. The number of rotatable bonds is 4. The van der Waals surface area contributed by atoms with Crippen molar-refractivity contribution < 1.29 is 14.7 Å². The molecule has 0 saturated heterocycles. The molecule has 1 saturated carbocycles. The van der Waals surface area contributed by atoms with Crippen molar-refractivity contribution in [2.24, 2.45) is 0 Å². The minimum atomic E-state index is -0.563. The summed E-state index contributed by atoms with van der Waals surface area (Å²) in [6, 6.07) is 6.40. The highest BCUT2D eigenvalue weighted by molar-refractivity contribution is 5.97. The van der Waals surface area contributed by atoms with E-state index in [1.807, 2.05) is 0 Å². The van der Waals surface area contributed by atoms with Gasteiger partial charge in [0.1, 0.15) is 12.6 Å². The SMILES string of the molecule is CC(NC(=O)c1ccc(C#CCO)cc1)C(=O)NC1CC1. The first kappa shape index (κ1) is 15.1. The number of aliphatic hydroxyl groups excluding tert-OH is 1. The molecular weight excluding hydrogens is 268 g/mol. The Morgan fingerprint density at radius 3 is 2.57 bits per heavy atom. The fourth-order valence-corrected chi connectivity index (χ4v) is 1.75. The molecule has 5 heteroatoms. The number of carbonyl (C=O) groups excluding carboxylic acids is 2. The summed E-state index contributed by atoms with van der Waals surface area (Å²) >= 11 is 0. The van der Waals surface area contributed by atoms with Crippen LogP contribution in [-0.2, 0) is 4.79 Å². The number of hydrogen-bond acceptors (Lipinski definition) is 3. The van der Waals surface area contributed by atoms with Crippen molar-refractivity contribution in [2.45, 2.75) is 31.8 Å². The van der Waals surface area contributed by atoms with Crippen LogP contribution in [0.2, 0.25) is 0 Å². The highest BCUT2D eigenvalue weighted by atomic mass is 16.2. The molecule has 0 aliphatic heterocycles. The summed E-state index contributed by atoms with van der Waals surface area (Å²) in [5.41, 5.74) is 1.19. The number of aliphatic hydroxyl groups is 1. The van der Waals surface area contributed by atoms with Gasteiger partial charge in [0.25, 0.3) is 5.91 Å². The normalized spacial score (nSPS) is 14.6. The van der Waals surface area contributed by atoms with Crippen molar-refractivity contribution in [3.05, 3.63) is 35.4 Å². The van der Waals surface area contributed by atoms with Crippen molar-refractivity contribution in [2.75, 3.05) is 6.61 Å². The number of carbonyl (C=O) groups is 2. The van der Waals surface area contributed by atoms with Crippen molar-refractivity contribution in [3.63, 3.8) is 0 Å². The molecule has 1 aliphatic carbocycles. The molecule has 2 amide bonds. The van der Waals surface area contributed by atoms with Gasteiger partial charge in [-0.3, -0.25) is 9.59 Å². The summed E-state index contributed by atoms with van der Waals surface area (Å²) in [5.74, 6) is 4.84. The van der Waals surface area contributed by atoms with Crippen molar-refractivity contribution in [1.82, 2.24) is 10.6 Å². The third-order valence-electron chi connectivity index (χ3n) is 3.12. The summed E-state index contributed by atoms with van der Waals surface area (Å²) < 4.78 is 0. The second kappa shape index (κ2) is 6.91. The Kier molecular flexibility index (Phi) is 4.96. The van der Waals surface area contributed by atoms with Crippen LogP contribution < -0.4 is 10.6 Å². The van der Waals surface area contributed by atoms with Gasteiger partial charge < -0.3 is 15.7 Å². The van der Waals surface area contributed by atoms with Gasteiger partial charge in [-0.1, -0.05) is 11.8 Å². The zero-order chi connectivity index (χ0) is 15.2. The summed E-state index contributed by atoms with van der Waals surface area (Å²) in [5, 5.41) is 14.1. The monoisotopic (exact) mass is 286 g/mol. The molecule has 0 bridgehead atoms. The minimum Gasteiger partial charge on any atom is -0.384 e. The Balaban J connectivity index is 1.91. The lowest BCUT2D eigenvalue weighted by atomic mass is 10.1. The van der Waals surface area contributed by atoms with E-state index in [9.17, 15) is 9.59 Å². The highest BCUT2D eigenvalue weighted by Gasteiger charge is 2.26. The van der Waals surface area contributed by atoms with Crippen LogP contribution in [0.5, 0.6) is 0 Å². The number of nitrogens with one attached hydrogen (secondary N) is 2. The van der Waals surface area contributed by atoms with Gasteiger partial charge in [-0.25, -0.2) is 0 Å². The molecular formula is C16H18N2O3. The molecule has 0 radical (unpaired) electrons. The fraction of sp³-hybridized carbons (Fsp3) is 0.375. The summed E-state index contributed by atoms with van der Waals surface area (Å²) in [6.07, 6.45) is 2.03. The lowest BCUT2D eigenvalue weighted by Gasteiger charge is -2.13. The molecule has 1 aromatic carbocycles. The van der Waals surface area contributed by atoms with E-state index >= 15 is 0 Å². The van der Waals surface area contributed by atoms with E-state index in [1.165, 1.54) is 0 Å². The van der Waals surface area contributed by atoms with E-state index in [4.69, 9.17) is 5.11 Å². The van der Waals surface area contributed by atoms with Crippen LogP contribution in [0.25, 0.3) is 0 Å². The van der Waals surface area contributed by atoms with E-state index in [2.05, 4.69) is 22.5 Å². The predicted molar refractivity (Wildman–Crippen MR) is 78.5 cm³/mol. The fourth-order valence-electron chi connectivity index (χ4n) is 1.75. The van der Waals surface area contributed by atoms with Crippen molar-refractivity contribution in [1.29, 1.82) is 0 Å². The third kappa shape index (κ3) is 4.62. The van der Waals surface area contributed by atoms with Crippen LogP contribution in [0.4, 0.5) is 0 Å². The molecule has 1 fully saturated rings. The highest BCUT2D eigenvalue weighted by Crippen LogP contribution is 2.18. The minimum absolute atomic E-state index is 0.156. The first-order valence-corrected chi connectivity index (χ1v) is 6.91. The molecule has 2 rings (SSSR count). The van der Waals surface area contributed by atoms with Gasteiger partial charge >= 0.3 is 0 Å². The van der Waals surface area contributed by atoms with Gasteiger partial charge in [0.05, 0.1) is 0 Å². The maximum absolute atomic E-state index is 12.0. The van der Waals surface area contributed by atoms with Gasteiger partial charge in [0, 0.05) is 17.2 Å². The molecule has 0 heterocycles. The van der Waals surface area contributed by atoms with Gasteiger partial charge in [-0.15, -0.1) is 0 Å². The average Bonchev–Trinajstić information content (AvgIpc) is 3.29. The summed E-state index contributed by atoms with van der Waals surface area (Å²) in [6.45, 7) is 1.46. The molecule has 1 unspecified atom stereocenters. The first-order chi connectivity index (χ1) is 10.1. The lowest BCUT2D eigenvalue weighted by molar-refractivity contribution is -0.122. The number of hydrogen-bond donors (Lipinski definition) is 3. The summed E-state index contributed by atoms with van der Waals surface area (Å²) in [4.78, 5) is 23.8. The second-order valence-corrected chi connectivity index (χ2v) is 5.02. The number of amides is 2. The van der Waals surface area contributed by atoms with Crippen molar-refractivity contribution in [3.8, 4) is 11.8 Å². The zero-order valence-electron chi connectivity index (χ0n) is 11.8.